The average Bonchev–Trinajstić information content (AvgIpc) is 3.61. The Morgan fingerprint density at radius 3 is 2.61 bits per heavy atom. The number of fused-ring (bicyclic) bond motifs is 2. The number of carbonyl (C=O) groups is 1. The maximum absolute atomic E-state index is 13.5. The zero-order chi connectivity index (χ0) is 25.0. The number of aromatic amines is 2. The minimum Gasteiger partial charge on any atom is -0.396 e. The van der Waals surface area contributed by atoms with Crippen LogP contribution in [-0.2, 0) is 0 Å². The Bertz CT molecular complexity index is 1560. The highest BCUT2D eigenvalue weighted by Crippen LogP contribution is 2.33. The van der Waals surface area contributed by atoms with Crippen molar-refractivity contribution in [2.45, 2.75) is 31.7 Å². The summed E-state index contributed by atoms with van der Waals surface area (Å²) < 4.78 is 0. The second kappa shape index (κ2) is 9.10. The van der Waals surface area contributed by atoms with Gasteiger partial charge in [0.1, 0.15) is 0 Å². The lowest BCUT2D eigenvalue weighted by Gasteiger charge is -2.28. The van der Waals surface area contributed by atoms with Crippen molar-refractivity contribution in [3.8, 4) is 11.4 Å². The summed E-state index contributed by atoms with van der Waals surface area (Å²) in [4.78, 5) is 41.3. The van der Waals surface area contributed by atoms with Gasteiger partial charge in [0.15, 0.2) is 5.69 Å². The maximum atomic E-state index is 13.5. The summed E-state index contributed by atoms with van der Waals surface area (Å²) in [7, 11) is 0. The molecule has 2 fully saturated rings. The fourth-order valence-corrected chi connectivity index (χ4v) is 5.83. The average molecular weight is 525 g/mol. The van der Waals surface area contributed by atoms with E-state index in [1.807, 2.05) is 23.1 Å². The second-order valence-electron chi connectivity index (χ2n) is 9.67. The number of nitrogen functional groups attached to an aromatic ring is 1. The fourth-order valence-electron chi connectivity index (χ4n) is 5.51. The molecule has 6 rings (SSSR count). The molecule has 8 nitrogen and oxygen atoms in total. The molecular formula is C26H26Cl2N6O2. The lowest BCUT2D eigenvalue weighted by atomic mass is 10.1. The number of halogens is 2. The van der Waals surface area contributed by atoms with Crippen LogP contribution in [0, 0.1) is 0 Å². The largest absolute Gasteiger partial charge is 0.396 e. The topological polar surface area (TPSA) is 111 Å². The lowest BCUT2D eigenvalue weighted by molar-refractivity contribution is 0.0709. The Hall–Kier alpha value is -3.07. The number of nitrogens with one attached hydrogen (secondary N) is 2. The quantitative estimate of drug-likeness (QED) is 0.359. The van der Waals surface area contributed by atoms with E-state index in [4.69, 9.17) is 28.9 Å². The zero-order valence-corrected chi connectivity index (χ0v) is 21.1. The summed E-state index contributed by atoms with van der Waals surface area (Å²) in [6.45, 7) is 3.95. The van der Waals surface area contributed by atoms with E-state index in [9.17, 15) is 9.59 Å². The molecule has 4 N–H and O–H groups in total. The summed E-state index contributed by atoms with van der Waals surface area (Å²) in [5.74, 6) is 0.0222. The van der Waals surface area contributed by atoms with Gasteiger partial charge in [-0.2, -0.15) is 0 Å². The summed E-state index contributed by atoms with van der Waals surface area (Å²) in [5, 5.41) is 1.35. The van der Waals surface area contributed by atoms with Gasteiger partial charge in [-0.25, -0.2) is 4.98 Å². The number of amides is 1. The van der Waals surface area contributed by atoms with E-state index in [0.717, 1.165) is 44.5 Å². The van der Waals surface area contributed by atoms with Crippen molar-refractivity contribution in [3.05, 3.63) is 56.3 Å². The molecule has 186 valence electrons. The lowest BCUT2D eigenvalue weighted by Crippen LogP contribution is -2.42. The molecular weight excluding hydrogens is 499 g/mol. The number of nitrogens with zero attached hydrogens (tertiary/aromatic N) is 3. The second-order valence-corrected chi connectivity index (χ2v) is 10.5. The SMILES string of the molecule is Nc1c(-c2nc3cc(Cl)c(Cl)cc3[nH]c2=O)[nH]c2ccc(C(=O)N3CCC[C@@H]3CN3CCCC3)cc12. The van der Waals surface area contributed by atoms with Gasteiger partial charge in [-0.3, -0.25) is 9.59 Å². The van der Waals surface area contributed by atoms with Gasteiger partial charge in [-0.1, -0.05) is 23.2 Å². The van der Waals surface area contributed by atoms with Crippen LogP contribution in [0.15, 0.2) is 35.1 Å². The van der Waals surface area contributed by atoms with E-state index in [-0.39, 0.29) is 17.6 Å². The standard InChI is InChI=1S/C26H26Cl2N6O2/c27-17-11-20-21(12-18(17)28)32-25(35)24(31-20)23-22(29)16-10-14(5-6-19(16)30-23)26(36)34-9-3-4-15(34)13-33-7-1-2-8-33/h5-6,10-12,15,30H,1-4,7-9,13,29H2,(H,32,35)/t15-/m1/s1. The van der Waals surface area contributed by atoms with Crippen molar-refractivity contribution in [2.24, 2.45) is 0 Å². The smallest absolute Gasteiger partial charge is 0.276 e. The van der Waals surface area contributed by atoms with Crippen molar-refractivity contribution in [3.63, 3.8) is 0 Å². The van der Waals surface area contributed by atoms with Gasteiger partial charge in [0.2, 0.25) is 0 Å². The van der Waals surface area contributed by atoms with Crippen LogP contribution in [0.1, 0.15) is 36.0 Å². The summed E-state index contributed by atoms with van der Waals surface area (Å²) in [6.07, 6.45) is 4.53. The van der Waals surface area contributed by atoms with Crippen LogP contribution in [0.4, 0.5) is 5.69 Å². The van der Waals surface area contributed by atoms with Crippen LogP contribution in [0.2, 0.25) is 10.0 Å². The molecule has 2 aromatic carbocycles. The molecule has 2 aromatic heterocycles. The number of aromatic nitrogens is 3. The highest BCUT2D eigenvalue weighted by molar-refractivity contribution is 6.42. The number of benzene rings is 2. The van der Waals surface area contributed by atoms with E-state index in [0.29, 0.717) is 43.4 Å². The van der Waals surface area contributed by atoms with Crippen LogP contribution in [0.5, 0.6) is 0 Å². The number of hydrogen-bond acceptors (Lipinski definition) is 5. The van der Waals surface area contributed by atoms with Crippen molar-refractivity contribution in [1.29, 1.82) is 0 Å². The highest BCUT2D eigenvalue weighted by atomic mass is 35.5. The highest BCUT2D eigenvalue weighted by Gasteiger charge is 2.31. The first-order valence-electron chi connectivity index (χ1n) is 12.2. The number of nitrogens with two attached hydrogens (primary N) is 1. The number of likely N-dealkylation sites (tertiary alicyclic amines) is 2. The third-order valence-electron chi connectivity index (χ3n) is 7.36. The number of H-pyrrole nitrogens is 2. The predicted molar refractivity (Wildman–Crippen MR) is 144 cm³/mol. The molecule has 4 heterocycles. The Morgan fingerprint density at radius 1 is 1.03 bits per heavy atom. The minimum atomic E-state index is -0.405. The molecule has 0 saturated carbocycles. The first-order valence-corrected chi connectivity index (χ1v) is 13.0. The Morgan fingerprint density at radius 2 is 1.81 bits per heavy atom. The number of carbonyl (C=O) groups excluding carboxylic acids is 1. The summed E-state index contributed by atoms with van der Waals surface area (Å²) in [6, 6.07) is 8.87. The van der Waals surface area contributed by atoms with Crippen molar-refractivity contribution in [1.82, 2.24) is 24.8 Å². The van der Waals surface area contributed by atoms with Crippen LogP contribution in [0.3, 0.4) is 0 Å². The normalized spacial score (nSPS) is 18.6. The minimum absolute atomic E-state index is 0.0222. The molecule has 2 aliphatic rings. The summed E-state index contributed by atoms with van der Waals surface area (Å²) >= 11 is 12.2. The number of rotatable bonds is 4. The van der Waals surface area contributed by atoms with E-state index in [1.165, 1.54) is 12.8 Å². The molecule has 0 bridgehead atoms. The van der Waals surface area contributed by atoms with Crippen LogP contribution in [-0.4, -0.2) is 62.9 Å². The van der Waals surface area contributed by atoms with Gasteiger partial charge in [-0.05, 0) is 69.1 Å². The van der Waals surface area contributed by atoms with Gasteiger partial charge in [0.05, 0.1) is 32.5 Å². The van der Waals surface area contributed by atoms with Gasteiger partial charge >= 0.3 is 0 Å². The summed E-state index contributed by atoms with van der Waals surface area (Å²) in [5.41, 5.74) is 9.29. The van der Waals surface area contributed by atoms with Crippen LogP contribution in [0.25, 0.3) is 33.3 Å². The predicted octanol–water partition coefficient (Wildman–Crippen LogP) is 4.66. The number of hydrogen-bond donors (Lipinski definition) is 3. The molecule has 0 unspecified atom stereocenters. The molecule has 0 spiro atoms. The van der Waals surface area contributed by atoms with Gasteiger partial charge < -0.3 is 25.5 Å². The van der Waals surface area contributed by atoms with E-state index in [1.54, 1.807) is 12.1 Å². The first-order chi connectivity index (χ1) is 17.4. The molecule has 0 aliphatic carbocycles. The maximum Gasteiger partial charge on any atom is 0.276 e. The monoisotopic (exact) mass is 524 g/mol. The molecule has 4 aromatic rings. The van der Waals surface area contributed by atoms with Crippen molar-refractivity contribution in [2.75, 3.05) is 31.9 Å². The Kier molecular flexibility index (Phi) is 5.90. The Labute approximate surface area is 217 Å². The van der Waals surface area contributed by atoms with Crippen molar-refractivity contribution >= 4 is 56.7 Å². The van der Waals surface area contributed by atoms with Gasteiger partial charge in [-0.15, -0.1) is 0 Å². The molecule has 1 amide bonds. The third-order valence-corrected chi connectivity index (χ3v) is 8.08. The molecule has 2 aliphatic heterocycles. The van der Waals surface area contributed by atoms with Gasteiger partial charge in [0.25, 0.3) is 11.5 Å². The van der Waals surface area contributed by atoms with Crippen molar-refractivity contribution < 1.29 is 4.79 Å². The van der Waals surface area contributed by atoms with E-state index >= 15 is 0 Å². The van der Waals surface area contributed by atoms with E-state index in [2.05, 4.69) is 19.9 Å². The van der Waals surface area contributed by atoms with Crippen LogP contribution < -0.4 is 11.3 Å². The molecule has 10 heteroatoms. The zero-order valence-electron chi connectivity index (χ0n) is 19.6. The molecule has 2 saturated heterocycles. The third kappa shape index (κ3) is 4.03. The molecule has 1 atom stereocenters. The Balaban J connectivity index is 1.34. The number of anilines is 1. The van der Waals surface area contributed by atoms with E-state index < -0.39 is 5.56 Å². The fraction of sp³-hybridized carbons (Fsp3) is 0.346. The molecule has 36 heavy (non-hydrogen) atoms. The first kappa shape index (κ1) is 23.3. The van der Waals surface area contributed by atoms with Crippen LogP contribution >= 0.6 is 23.2 Å². The van der Waals surface area contributed by atoms with Gasteiger partial charge in [0, 0.05) is 35.6 Å². The molecule has 0 radical (unpaired) electrons.